The average molecular weight is 204 g/mol. The van der Waals surface area contributed by atoms with Crippen LogP contribution in [-0.4, -0.2) is 17.2 Å². The van der Waals surface area contributed by atoms with E-state index in [2.05, 4.69) is 0 Å². The summed E-state index contributed by atoms with van der Waals surface area (Å²) in [6.07, 6.45) is 3.84. The first-order chi connectivity index (χ1) is 7.15. The molecule has 3 nitrogen and oxygen atoms in total. The van der Waals surface area contributed by atoms with Crippen LogP contribution < -0.4 is 4.74 Å². The highest BCUT2D eigenvalue weighted by Gasteiger charge is 2.18. The van der Waals surface area contributed by atoms with E-state index < -0.39 is 5.97 Å². The highest BCUT2D eigenvalue weighted by Crippen LogP contribution is 2.29. The van der Waals surface area contributed by atoms with Gasteiger partial charge in [0.05, 0.1) is 0 Å². The molecule has 1 aliphatic rings. The lowest BCUT2D eigenvalue weighted by atomic mass is 10.1. The minimum absolute atomic E-state index is 0.221. The van der Waals surface area contributed by atoms with Crippen molar-refractivity contribution in [3.63, 3.8) is 0 Å². The lowest BCUT2D eigenvalue weighted by molar-refractivity contribution is -0.131. The van der Waals surface area contributed by atoms with E-state index in [4.69, 9.17) is 9.84 Å². The Kier molecular flexibility index (Phi) is 2.46. The van der Waals surface area contributed by atoms with E-state index in [1.165, 1.54) is 0 Å². The molecule has 0 fully saturated rings. The molecule has 0 aromatic heterocycles. The summed E-state index contributed by atoms with van der Waals surface area (Å²) in [5.74, 6) is -0.0184. The Balaban J connectivity index is 2.23. The zero-order chi connectivity index (χ0) is 10.8. The Morgan fingerprint density at radius 3 is 3.13 bits per heavy atom. The molecule has 3 heteroatoms. The van der Waals surface area contributed by atoms with Gasteiger partial charge in [-0.15, -0.1) is 0 Å². The summed E-state index contributed by atoms with van der Waals surface area (Å²) in [5, 5.41) is 8.50. The zero-order valence-corrected chi connectivity index (χ0v) is 8.43. The molecule has 15 heavy (non-hydrogen) atoms. The van der Waals surface area contributed by atoms with Crippen molar-refractivity contribution in [2.75, 3.05) is 0 Å². The van der Waals surface area contributed by atoms with Crippen LogP contribution in [0.1, 0.15) is 18.1 Å². The van der Waals surface area contributed by atoms with E-state index in [1.54, 1.807) is 6.08 Å². The van der Waals surface area contributed by atoms with Crippen LogP contribution in [-0.2, 0) is 11.2 Å². The Morgan fingerprint density at radius 2 is 2.40 bits per heavy atom. The summed E-state index contributed by atoms with van der Waals surface area (Å²) in [5.41, 5.74) is 2.05. The molecule has 0 amide bonds. The largest absolute Gasteiger partial charge is 0.490 e. The first-order valence-corrected chi connectivity index (χ1v) is 4.86. The Bertz CT molecular complexity index is 421. The number of ether oxygens (including phenoxy) is 1. The van der Waals surface area contributed by atoms with E-state index in [0.717, 1.165) is 29.4 Å². The number of hydrogen-bond donors (Lipinski definition) is 1. The third-order valence-electron chi connectivity index (χ3n) is 2.34. The highest BCUT2D eigenvalue weighted by atomic mass is 16.5. The molecular weight excluding hydrogens is 192 g/mol. The molecule has 1 N–H and O–H groups in total. The fourth-order valence-electron chi connectivity index (χ4n) is 1.71. The molecule has 0 spiro atoms. The van der Waals surface area contributed by atoms with E-state index >= 15 is 0 Å². The van der Waals surface area contributed by atoms with E-state index in [0.29, 0.717) is 0 Å². The molecule has 0 unspecified atom stereocenters. The SMILES string of the molecule is C[C@@H]1Cc2cc(/C=C/C(=O)O)ccc2O1. The number of aliphatic carboxylic acids is 1. The molecule has 1 aromatic carbocycles. The van der Waals surface area contributed by atoms with Gasteiger partial charge in [0.1, 0.15) is 11.9 Å². The normalized spacial score (nSPS) is 18.9. The van der Waals surface area contributed by atoms with E-state index in [9.17, 15) is 4.79 Å². The molecule has 1 aliphatic heterocycles. The van der Waals surface area contributed by atoms with Crippen molar-refractivity contribution in [3.8, 4) is 5.75 Å². The quantitative estimate of drug-likeness (QED) is 0.750. The van der Waals surface area contributed by atoms with Crippen molar-refractivity contribution < 1.29 is 14.6 Å². The first kappa shape index (κ1) is 9.77. The Labute approximate surface area is 88.0 Å². The van der Waals surface area contributed by atoms with Crippen LogP contribution in [0.4, 0.5) is 0 Å². The van der Waals surface area contributed by atoms with Crippen molar-refractivity contribution in [1.29, 1.82) is 0 Å². The second kappa shape index (κ2) is 3.77. The monoisotopic (exact) mass is 204 g/mol. The molecular formula is C12H12O3. The second-order valence-electron chi connectivity index (χ2n) is 3.67. The zero-order valence-electron chi connectivity index (χ0n) is 8.43. The third kappa shape index (κ3) is 2.18. The molecule has 0 aliphatic carbocycles. The molecule has 0 bridgehead atoms. The van der Waals surface area contributed by atoms with Crippen LogP contribution in [0.3, 0.4) is 0 Å². The minimum atomic E-state index is -0.930. The lowest BCUT2D eigenvalue weighted by Gasteiger charge is -2.01. The van der Waals surface area contributed by atoms with Gasteiger partial charge in [0.2, 0.25) is 0 Å². The van der Waals surface area contributed by atoms with Gasteiger partial charge in [0.15, 0.2) is 0 Å². The number of fused-ring (bicyclic) bond motifs is 1. The third-order valence-corrected chi connectivity index (χ3v) is 2.34. The second-order valence-corrected chi connectivity index (χ2v) is 3.67. The van der Waals surface area contributed by atoms with Gasteiger partial charge >= 0.3 is 5.97 Å². The number of carbonyl (C=O) groups is 1. The van der Waals surface area contributed by atoms with Gasteiger partial charge < -0.3 is 9.84 Å². The Hall–Kier alpha value is -1.77. The number of carboxylic acid groups (broad SMARTS) is 1. The van der Waals surface area contributed by atoms with Crippen molar-refractivity contribution in [2.24, 2.45) is 0 Å². The molecule has 0 saturated heterocycles. The van der Waals surface area contributed by atoms with Gasteiger partial charge in [-0.2, -0.15) is 0 Å². The van der Waals surface area contributed by atoms with Gasteiger partial charge in [0, 0.05) is 12.5 Å². The predicted octanol–water partition coefficient (Wildman–Crippen LogP) is 2.11. The summed E-state index contributed by atoms with van der Waals surface area (Å²) in [6.45, 7) is 2.02. The standard InChI is InChI=1S/C12H12O3/c1-8-6-10-7-9(3-5-12(13)14)2-4-11(10)15-8/h2-5,7-8H,6H2,1H3,(H,13,14)/b5-3+/t8-/m1/s1. The lowest BCUT2D eigenvalue weighted by Crippen LogP contribution is -2.05. The first-order valence-electron chi connectivity index (χ1n) is 4.86. The number of carboxylic acids is 1. The summed E-state index contributed by atoms with van der Waals surface area (Å²) >= 11 is 0. The van der Waals surface area contributed by atoms with Crippen molar-refractivity contribution >= 4 is 12.0 Å². The maximum Gasteiger partial charge on any atom is 0.328 e. The fourth-order valence-corrected chi connectivity index (χ4v) is 1.71. The smallest absolute Gasteiger partial charge is 0.328 e. The summed E-state index contributed by atoms with van der Waals surface area (Å²) in [4.78, 5) is 10.3. The topological polar surface area (TPSA) is 46.5 Å². The summed E-state index contributed by atoms with van der Waals surface area (Å²) in [7, 11) is 0. The van der Waals surface area contributed by atoms with Crippen LogP contribution in [0.5, 0.6) is 5.75 Å². The highest BCUT2D eigenvalue weighted by molar-refractivity contribution is 5.85. The van der Waals surface area contributed by atoms with Crippen LogP contribution in [0.15, 0.2) is 24.3 Å². The summed E-state index contributed by atoms with van der Waals surface area (Å²) in [6, 6.07) is 5.72. The predicted molar refractivity (Wildman–Crippen MR) is 56.9 cm³/mol. The maximum absolute atomic E-state index is 10.3. The molecule has 2 rings (SSSR count). The molecule has 1 heterocycles. The molecule has 78 valence electrons. The fraction of sp³-hybridized carbons (Fsp3) is 0.250. The van der Waals surface area contributed by atoms with Crippen molar-refractivity contribution in [3.05, 3.63) is 35.4 Å². The molecule has 1 atom stereocenters. The average Bonchev–Trinajstić information content (AvgIpc) is 2.53. The summed E-state index contributed by atoms with van der Waals surface area (Å²) < 4.78 is 5.55. The maximum atomic E-state index is 10.3. The molecule has 0 radical (unpaired) electrons. The van der Waals surface area contributed by atoms with Crippen molar-refractivity contribution in [1.82, 2.24) is 0 Å². The molecule has 0 saturated carbocycles. The van der Waals surface area contributed by atoms with E-state index in [-0.39, 0.29) is 6.10 Å². The number of rotatable bonds is 2. The van der Waals surface area contributed by atoms with E-state index in [1.807, 2.05) is 25.1 Å². The molecule has 1 aromatic rings. The Morgan fingerprint density at radius 1 is 1.60 bits per heavy atom. The minimum Gasteiger partial charge on any atom is -0.490 e. The van der Waals surface area contributed by atoms with Crippen LogP contribution in [0, 0.1) is 0 Å². The number of hydrogen-bond acceptors (Lipinski definition) is 2. The van der Waals surface area contributed by atoms with Gasteiger partial charge in [-0.1, -0.05) is 6.07 Å². The van der Waals surface area contributed by atoms with Crippen LogP contribution in [0.2, 0.25) is 0 Å². The number of benzene rings is 1. The van der Waals surface area contributed by atoms with Crippen molar-refractivity contribution in [2.45, 2.75) is 19.4 Å². The van der Waals surface area contributed by atoms with Gasteiger partial charge in [0.25, 0.3) is 0 Å². The van der Waals surface area contributed by atoms with Gasteiger partial charge in [-0.25, -0.2) is 4.79 Å². The van der Waals surface area contributed by atoms with Gasteiger partial charge in [-0.05, 0) is 36.3 Å². The van der Waals surface area contributed by atoms with Gasteiger partial charge in [-0.3, -0.25) is 0 Å². The van der Waals surface area contributed by atoms with Crippen LogP contribution in [0.25, 0.3) is 6.08 Å². The van der Waals surface area contributed by atoms with Crippen LogP contribution >= 0.6 is 0 Å².